The van der Waals surface area contributed by atoms with Gasteiger partial charge in [-0.05, 0) is 46.8 Å². The maximum Gasteiger partial charge on any atom is 0.190 e. The van der Waals surface area contributed by atoms with Gasteiger partial charge in [-0.2, -0.15) is 4.68 Å². The van der Waals surface area contributed by atoms with E-state index in [1.165, 1.54) is 30.3 Å². The van der Waals surface area contributed by atoms with Crippen LogP contribution in [0.25, 0.3) is 17.1 Å². The van der Waals surface area contributed by atoms with Gasteiger partial charge < -0.3 is 5.73 Å². The Balaban J connectivity index is 2.19. The Hall–Kier alpha value is -2.54. The smallest absolute Gasteiger partial charge is 0.190 e. The molecule has 0 spiro atoms. The van der Waals surface area contributed by atoms with Crippen molar-refractivity contribution < 1.29 is 8.78 Å². The molecule has 0 atom stereocenters. The fourth-order valence-corrected chi connectivity index (χ4v) is 2.04. The molecule has 5 nitrogen and oxygen atoms in total. The number of nitrogens with two attached hydrogens (primary N) is 1. The van der Waals surface area contributed by atoms with Crippen LogP contribution in [-0.2, 0) is 0 Å². The van der Waals surface area contributed by atoms with Gasteiger partial charge in [-0.25, -0.2) is 8.78 Å². The van der Waals surface area contributed by atoms with Crippen molar-refractivity contribution in [2.75, 3.05) is 5.73 Å². The van der Waals surface area contributed by atoms with E-state index in [0.29, 0.717) is 5.69 Å². The van der Waals surface area contributed by atoms with Crippen LogP contribution in [-0.4, -0.2) is 20.2 Å². The third kappa shape index (κ3) is 2.43. The van der Waals surface area contributed by atoms with Crippen molar-refractivity contribution in [3.05, 3.63) is 53.1 Å². The van der Waals surface area contributed by atoms with E-state index in [2.05, 4.69) is 15.5 Å². The van der Waals surface area contributed by atoms with Crippen molar-refractivity contribution in [1.29, 1.82) is 0 Å². The lowest BCUT2D eigenvalue weighted by Gasteiger charge is -2.07. The first-order valence-electron chi connectivity index (χ1n) is 5.85. The van der Waals surface area contributed by atoms with Crippen LogP contribution in [0.15, 0.2) is 36.4 Å². The number of nitrogens with zero attached hydrogens (tertiary/aromatic N) is 4. The normalized spacial score (nSPS) is 10.8. The average Bonchev–Trinajstić information content (AvgIpc) is 2.90. The van der Waals surface area contributed by atoms with E-state index in [4.69, 9.17) is 17.3 Å². The predicted molar refractivity (Wildman–Crippen MR) is 73.9 cm³/mol. The molecule has 8 heteroatoms. The van der Waals surface area contributed by atoms with E-state index >= 15 is 0 Å². The zero-order chi connectivity index (χ0) is 15.0. The van der Waals surface area contributed by atoms with E-state index in [1.54, 1.807) is 0 Å². The largest absolute Gasteiger partial charge is 0.399 e. The highest BCUT2D eigenvalue weighted by atomic mass is 35.5. The molecule has 1 heterocycles. The van der Waals surface area contributed by atoms with Gasteiger partial charge in [0.2, 0.25) is 0 Å². The first kappa shape index (κ1) is 13.4. The SMILES string of the molecule is Nc1ccc(F)c(-c2nnnn2-c2ccc(Cl)cc2F)c1. The Bertz CT molecular complexity index is 818. The van der Waals surface area contributed by atoms with Crippen LogP contribution in [0.5, 0.6) is 0 Å². The molecule has 0 aliphatic rings. The number of nitrogen functional groups attached to an aromatic ring is 1. The molecule has 0 radical (unpaired) electrons. The fraction of sp³-hybridized carbons (Fsp3) is 0. The van der Waals surface area contributed by atoms with E-state index in [-0.39, 0.29) is 22.1 Å². The maximum atomic E-state index is 14.0. The van der Waals surface area contributed by atoms with Crippen molar-refractivity contribution in [3.63, 3.8) is 0 Å². The van der Waals surface area contributed by atoms with Gasteiger partial charge in [0.25, 0.3) is 0 Å². The van der Waals surface area contributed by atoms with Gasteiger partial charge in [-0.3, -0.25) is 0 Å². The minimum absolute atomic E-state index is 0.0426. The highest BCUT2D eigenvalue weighted by Gasteiger charge is 2.17. The molecule has 0 amide bonds. The predicted octanol–water partition coefficient (Wildman–Crippen LogP) is 2.84. The summed E-state index contributed by atoms with van der Waals surface area (Å²) in [7, 11) is 0. The second-order valence-electron chi connectivity index (χ2n) is 4.25. The molecular weight excluding hydrogens is 300 g/mol. The van der Waals surface area contributed by atoms with E-state index in [1.807, 2.05) is 0 Å². The van der Waals surface area contributed by atoms with Crippen LogP contribution < -0.4 is 5.73 Å². The first-order chi connectivity index (χ1) is 10.1. The lowest BCUT2D eigenvalue weighted by atomic mass is 10.1. The second-order valence-corrected chi connectivity index (χ2v) is 4.69. The second kappa shape index (κ2) is 5.10. The molecule has 0 saturated heterocycles. The molecule has 0 unspecified atom stereocenters. The minimum atomic E-state index is -0.625. The Morgan fingerprint density at radius 1 is 1.05 bits per heavy atom. The monoisotopic (exact) mass is 307 g/mol. The molecule has 106 valence electrons. The van der Waals surface area contributed by atoms with Gasteiger partial charge >= 0.3 is 0 Å². The molecule has 3 rings (SSSR count). The number of benzene rings is 2. The number of hydrogen-bond acceptors (Lipinski definition) is 4. The van der Waals surface area contributed by atoms with Crippen LogP contribution in [0.1, 0.15) is 0 Å². The number of tetrazole rings is 1. The summed E-state index contributed by atoms with van der Waals surface area (Å²) in [6, 6.07) is 8.00. The van der Waals surface area contributed by atoms with Gasteiger partial charge in [-0.15, -0.1) is 5.10 Å². The number of aromatic nitrogens is 4. The van der Waals surface area contributed by atoms with Crippen LogP contribution >= 0.6 is 11.6 Å². The topological polar surface area (TPSA) is 69.6 Å². The van der Waals surface area contributed by atoms with Crippen molar-refractivity contribution in [2.24, 2.45) is 0 Å². The number of halogens is 3. The zero-order valence-electron chi connectivity index (χ0n) is 10.5. The summed E-state index contributed by atoms with van der Waals surface area (Å²) in [4.78, 5) is 0. The molecule has 0 saturated carbocycles. The number of hydrogen-bond donors (Lipinski definition) is 1. The molecule has 3 aromatic rings. The summed E-state index contributed by atoms with van der Waals surface area (Å²) in [5.74, 6) is -1.14. The molecule has 0 fully saturated rings. The highest BCUT2D eigenvalue weighted by molar-refractivity contribution is 6.30. The molecule has 0 aliphatic heterocycles. The summed E-state index contributed by atoms with van der Waals surface area (Å²) < 4.78 is 29.0. The quantitative estimate of drug-likeness (QED) is 0.739. The lowest BCUT2D eigenvalue weighted by Crippen LogP contribution is -2.04. The summed E-state index contributed by atoms with van der Waals surface area (Å²) in [5, 5.41) is 11.1. The van der Waals surface area contributed by atoms with Crippen molar-refractivity contribution in [3.8, 4) is 17.1 Å². The van der Waals surface area contributed by atoms with Crippen LogP contribution in [0.2, 0.25) is 5.02 Å². The average molecular weight is 308 g/mol. The Morgan fingerprint density at radius 2 is 1.86 bits per heavy atom. The summed E-state index contributed by atoms with van der Waals surface area (Å²) in [6.45, 7) is 0. The standard InChI is InChI=1S/C13H8ClF2N5/c14-7-1-4-12(11(16)5-7)21-13(18-19-20-21)9-6-8(17)2-3-10(9)15/h1-6H,17H2. The van der Waals surface area contributed by atoms with E-state index in [0.717, 1.165) is 10.7 Å². The van der Waals surface area contributed by atoms with E-state index in [9.17, 15) is 8.78 Å². The summed E-state index contributed by atoms with van der Waals surface area (Å²) >= 11 is 5.70. The molecule has 0 bridgehead atoms. The molecular formula is C13H8ClF2N5. The van der Waals surface area contributed by atoms with Crippen LogP contribution in [0, 0.1) is 11.6 Å². The summed E-state index contributed by atoms with van der Waals surface area (Å²) in [5.41, 5.74) is 6.12. The minimum Gasteiger partial charge on any atom is -0.399 e. The maximum absolute atomic E-state index is 14.0. The molecule has 21 heavy (non-hydrogen) atoms. The molecule has 1 aromatic heterocycles. The van der Waals surface area contributed by atoms with Gasteiger partial charge in [0.1, 0.15) is 17.3 Å². The van der Waals surface area contributed by atoms with Crippen LogP contribution in [0.4, 0.5) is 14.5 Å². The number of rotatable bonds is 2. The highest BCUT2D eigenvalue weighted by Crippen LogP contribution is 2.26. The van der Waals surface area contributed by atoms with Gasteiger partial charge in [0.15, 0.2) is 5.82 Å². The Labute approximate surface area is 123 Å². The van der Waals surface area contributed by atoms with Gasteiger partial charge in [0, 0.05) is 10.7 Å². The zero-order valence-corrected chi connectivity index (χ0v) is 11.2. The van der Waals surface area contributed by atoms with Gasteiger partial charge in [-0.1, -0.05) is 11.6 Å². The van der Waals surface area contributed by atoms with Crippen molar-refractivity contribution >= 4 is 17.3 Å². The van der Waals surface area contributed by atoms with Crippen LogP contribution in [0.3, 0.4) is 0 Å². The Morgan fingerprint density at radius 3 is 2.62 bits per heavy atom. The third-order valence-corrected chi connectivity index (χ3v) is 3.07. The first-order valence-corrected chi connectivity index (χ1v) is 6.23. The molecule has 2 N–H and O–H groups in total. The fourth-order valence-electron chi connectivity index (χ4n) is 1.88. The summed E-state index contributed by atoms with van der Waals surface area (Å²) in [6.07, 6.45) is 0. The molecule has 0 aliphatic carbocycles. The van der Waals surface area contributed by atoms with Crippen molar-refractivity contribution in [2.45, 2.75) is 0 Å². The van der Waals surface area contributed by atoms with E-state index < -0.39 is 11.6 Å². The molecule has 2 aromatic carbocycles. The van der Waals surface area contributed by atoms with Crippen molar-refractivity contribution in [1.82, 2.24) is 20.2 Å². The Kier molecular flexibility index (Phi) is 3.26. The number of anilines is 1. The third-order valence-electron chi connectivity index (χ3n) is 2.84. The lowest BCUT2D eigenvalue weighted by molar-refractivity contribution is 0.606. The van der Waals surface area contributed by atoms with Gasteiger partial charge in [0.05, 0.1) is 5.56 Å².